The average molecular weight is 334 g/mol. The topological polar surface area (TPSA) is 67.0 Å². The molecular formula is C16H13ClFN3O2. The van der Waals surface area contributed by atoms with E-state index in [1.54, 1.807) is 18.2 Å². The van der Waals surface area contributed by atoms with Crippen LogP contribution >= 0.6 is 11.6 Å². The van der Waals surface area contributed by atoms with Gasteiger partial charge in [-0.2, -0.15) is 0 Å². The molecule has 0 aliphatic rings. The van der Waals surface area contributed by atoms with Gasteiger partial charge < -0.3 is 9.72 Å². The highest BCUT2D eigenvalue weighted by Crippen LogP contribution is 2.30. The van der Waals surface area contributed by atoms with Crippen molar-refractivity contribution in [1.29, 1.82) is 0 Å². The number of carbonyl (C=O) groups excluding carboxylic acids is 1. The van der Waals surface area contributed by atoms with Gasteiger partial charge in [0.2, 0.25) is 5.95 Å². The van der Waals surface area contributed by atoms with E-state index in [-0.39, 0.29) is 11.8 Å². The number of nitrogens with zero attached hydrogens (tertiary/aromatic N) is 1. The second-order valence-corrected chi connectivity index (χ2v) is 5.33. The molecule has 1 aromatic heterocycles. The fourth-order valence-corrected chi connectivity index (χ4v) is 2.50. The Morgan fingerprint density at radius 3 is 2.65 bits per heavy atom. The first-order chi connectivity index (χ1) is 11.1. The van der Waals surface area contributed by atoms with Crippen LogP contribution < -0.4 is 5.32 Å². The number of H-pyrrole nitrogens is 1. The number of fused-ring (bicyclic) bond motifs is 1. The number of imidazole rings is 1. The molecule has 0 spiro atoms. The van der Waals surface area contributed by atoms with E-state index in [9.17, 15) is 9.18 Å². The zero-order valence-corrected chi connectivity index (χ0v) is 12.9. The number of ether oxygens (including phenoxy) is 1. The van der Waals surface area contributed by atoms with E-state index in [2.05, 4.69) is 20.0 Å². The third-order valence-corrected chi connectivity index (χ3v) is 3.87. The van der Waals surface area contributed by atoms with Gasteiger partial charge in [0, 0.05) is 0 Å². The highest BCUT2D eigenvalue weighted by molar-refractivity contribution is 6.22. The maximum atomic E-state index is 13.0. The van der Waals surface area contributed by atoms with E-state index < -0.39 is 11.5 Å². The van der Waals surface area contributed by atoms with Gasteiger partial charge >= 0.3 is 6.09 Å². The first kappa shape index (κ1) is 15.3. The minimum absolute atomic E-state index is 0.289. The molecular weight excluding hydrogens is 321 g/mol. The average Bonchev–Trinajstić information content (AvgIpc) is 2.96. The minimum atomic E-state index is -0.606. The SMILES string of the molecule is COC(=O)Nc1nc2ccc(C(Cl)c3ccc(F)cc3)cc2[nH]1. The van der Waals surface area contributed by atoms with Crippen LogP contribution in [0.3, 0.4) is 0 Å². The molecule has 0 radical (unpaired) electrons. The number of alkyl halides is 1. The largest absolute Gasteiger partial charge is 0.453 e. The summed E-state index contributed by atoms with van der Waals surface area (Å²) in [5.41, 5.74) is 3.03. The lowest BCUT2D eigenvalue weighted by atomic mass is 10.0. The van der Waals surface area contributed by atoms with Crippen molar-refractivity contribution in [2.24, 2.45) is 0 Å². The lowest BCUT2D eigenvalue weighted by Gasteiger charge is -2.10. The van der Waals surface area contributed by atoms with Crippen LogP contribution in [0.2, 0.25) is 0 Å². The number of nitrogens with one attached hydrogen (secondary N) is 2. The molecule has 118 valence electrons. The number of carbonyl (C=O) groups is 1. The Balaban J connectivity index is 1.90. The number of aromatic nitrogens is 2. The normalized spacial score (nSPS) is 12.1. The monoisotopic (exact) mass is 333 g/mol. The first-order valence-corrected chi connectivity index (χ1v) is 7.24. The number of rotatable bonds is 3. The van der Waals surface area contributed by atoms with E-state index in [0.717, 1.165) is 16.6 Å². The van der Waals surface area contributed by atoms with Crippen LogP contribution in [0.4, 0.5) is 15.1 Å². The highest BCUT2D eigenvalue weighted by Gasteiger charge is 2.13. The summed E-state index contributed by atoms with van der Waals surface area (Å²) in [5, 5.41) is 2.05. The van der Waals surface area contributed by atoms with E-state index in [1.165, 1.54) is 19.2 Å². The van der Waals surface area contributed by atoms with Crippen molar-refractivity contribution in [3.8, 4) is 0 Å². The second-order valence-electron chi connectivity index (χ2n) is 4.89. The summed E-state index contributed by atoms with van der Waals surface area (Å²) >= 11 is 6.45. The maximum Gasteiger partial charge on any atom is 0.413 e. The molecule has 1 amide bonds. The quantitative estimate of drug-likeness (QED) is 0.706. The molecule has 3 rings (SSSR count). The van der Waals surface area contributed by atoms with E-state index in [0.29, 0.717) is 5.52 Å². The molecule has 0 bridgehead atoms. The van der Waals surface area contributed by atoms with Gasteiger partial charge in [-0.15, -0.1) is 11.6 Å². The summed E-state index contributed by atoms with van der Waals surface area (Å²) < 4.78 is 17.5. The lowest BCUT2D eigenvalue weighted by molar-refractivity contribution is 0.186. The van der Waals surface area contributed by atoms with Crippen molar-refractivity contribution in [3.05, 3.63) is 59.4 Å². The Labute approximate surface area is 136 Å². The summed E-state index contributed by atoms with van der Waals surface area (Å²) in [5.74, 6) is -0.0166. The fraction of sp³-hybridized carbons (Fsp3) is 0.125. The second kappa shape index (κ2) is 6.26. The summed E-state index contributed by atoms with van der Waals surface area (Å²) in [4.78, 5) is 18.4. The third kappa shape index (κ3) is 3.27. The van der Waals surface area contributed by atoms with Crippen LogP contribution in [0, 0.1) is 5.82 Å². The Kier molecular flexibility index (Phi) is 4.16. The van der Waals surface area contributed by atoms with Gasteiger partial charge in [0.25, 0.3) is 0 Å². The maximum absolute atomic E-state index is 13.0. The van der Waals surface area contributed by atoms with Crippen LogP contribution in [-0.2, 0) is 4.74 Å². The van der Waals surface area contributed by atoms with Gasteiger partial charge in [0.15, 0.2) is 0 Å². The molecule has 0 saturated heterocycles. The van der Waals surface area contributed by atoms with Crippen molar-refractivity contribution < 1.29 is 13.9 Å². The van der Waals surface area contributed by atoms with Crippen molar-refractivity contribution >= 4 is 34.7 Å². The fourth-order valence-electron chi connectivity index (χ4n) is 2.22. The van der Waals surface area contributed by atoms with Gasteiger partial charge in [-0.25, -0.2) is 14.2 Å². The molecule has 5 nitrogen and oxygen atoms in total. The molecule has 1 heterocycles. The Bertz CT molecular complexity index is 848. The molecule has 7 heteroatoms. The molecule has 0 saturated carbocycles. The number of hydrogen-bond donors (Lipinski definition) is 2. The number of halogens is 2. The zero-order valence-electron chi connectivity index (χ0n) is 12.1. The predicted molar refractivity (Wildman–Crippen MR) is 86.2 cm³/mol. The molecule has 1 atom stereocenters. The van der Waals surface area contributed by atoms with Gasteiger partial charge in [-0.05, 0) is 35.4 Å². The Morgan fingerprint density at radius 2 is 1.96 bits per heavy atom. The predicted octanol–water partition coefficient (Wildman–Crippen LogP) is 4.21. The van der Waals surface area contributed by atoms with Gasteiger partial charge in [-0.1, -0.05) is 18.2 Å². The van der Waals surface area contributed by atoms with Crippen LogP contribution in [0.25, 0.3) is 11.0 Å². The minimum Gasteiger partial charge on any atom is -0.453 e. The van der Waals surface area contributed by atoms with Crippen LogP contribution in [-0.4, -0.2) is 23.2 Å². The van der Waals surface area contributed by atoms with Gasteiger partial charge in [0.1, 0.15) is 5.82 Å². The molecule has 23 heavy (non-hydrogen) atoms. The molecule has 0 aliphatic carbocycles. The van der Waals surface area contributed by atoms with E-state index >= 15 is 0 Å². The van der Waals surface area contributed by atoms with Crippen molar-refractivity contribution in [3.63, 3.8) is 0 Å². The van der Waals surface area contributed by atoms with Gasteiger partial charge in [0.05, 0.1) is 23.5 Å². The van der Waals surface area contributed by atoms with E-state index in [1.807, 2.05) is 12.1 Å². The number of anilines is 1. The zero-order chi connectivity index (χ0) is 16.4. The lowest BCUT2D eigenvalue weighted by Crippen LogP contribution is -2.11. The summed E-state index contributed by atoms with van der Waals surface area (Å²) in [7, 11) is 1.27. The van der Waals surface area contributed by atoms with Crippen LogP contribution in [0.15, 0.2) is 42.5 Å². The number of amides is 1. The number of methoxy groups -OCH3 is 1. The van der Waals surface area contributed by atoms with Crippen molar-refractivity contribution in [1.82, 2.24) is 9.97 Å². The molecule has 2 aromatic carbocycles. The summed E-state index contributed by atoms with van der Waals surface area (Å²) in [6, 6.07) is 11.5. The van der Waals surface area contributed by atoms with Crippen LogP contribution in [0.5, 0.6) is 0 Å². The first-order valence-electron chi connectivity index (χ1n) is 6.81. The highest BCUT2D eigenvalue weighted by atomic mass is 35.5. The number of benzene rings is 2. The van der Waals surface area contributed by atoms with Crippen LogP contribution in [0.1, 0.15) is 16.5 Å². The standard InChI is InChI=1S/C16H13ClFN3O2/c1-23-16(22)21-15-19-12-7-4-10(8-13(12)20-15)14(17)9-2-5-11(18)6-3-9/h2-8,14H,1H3,(H2,19,20,21,22). The van der Waals surface area contributed by atoms with Crippen molar-refractivity contribution in [2.75, 3.05) is 12.4 Å². The smallest absolute Gasteiger partial charge is 0.413 e. The number of aromatic amines is 1. The molecule has 0 fully saturated rings. The summed E-state index contributed by atoms with van der Waals surface area (Å²) in [6.07, 6.45) is -0.606. The number of hydrogen-bond acceptors (Lipinski definition) is 3. The molecule has 3 aromatic rings. The summed E-state index contributed by atoms with van der Waals surface area (Å²) in [6.45, 7) is 0. The molecule has 0 aliphatic heterocycles. The van der Waals surface area contributed by atoms with Gasteiger partial charge in [-0.3, -0.25) is 5.32 Å². The van der Waals surface area contributed by atoms with Crippen molar-refractivity contribution in [2.45, 2.75) is 5.38 Å². The Morgan fingerprint density at radius 1 is 1.26 bits per heavy atom. The third-order valence-electron chi connectivity index (χ3n) is 3.37. The Hall–Kier alpha value is -2.60. The molecule has 1 unspecified atom stereocenters. The molecule has 2 N–H and O–H groups in total. The van der Waals surface area contributed by atoms with E-state index in [4.69, 9.17) is 11.6 Å².